The Morgan fingerprint density at radius 2 is 1.93 bits per heavy atom. The fraction of sp³-hybridized carbons (Fsp3) is 0.300. The summed E-state index contributed by atoms with van der Waals surface area (Å²) in [6, 6.07) is 8.20. The van der Waals surface area contributed by atoms with Gasteiger partial charge in [0.25, 0.3) is 5.91 Å². The topological polar surface area (TPSA) is 68.2 Å². The minimum Gasteiger partial charge on any atom is -0.460 e. The van der Waals surface area contributed by atoms with Crippen molar-refractivity contribution in [1.29, 1.82) is 0 Å². The molecule has 2 aromatic heterocycles. The Morgan fingerprint density at radius 3 is 2.67 bits per heavy atom. The van der Waals surface area contributed by atoms with Crippen molar-refractivity contribution in [2.75, 3.05) is 13.1 Å². The molecule has 7 heteroatoms. The summed E-state index contributed by atoms with van der Waals surface area (Å²) in [6.45, 7) is 2.97. The number of ether oxygens (including phenoxy) is 1. The third kappa shape index (κ3) is 3.72. The molecular weight excluding hydrogens is 347 g/mol. The van der Waals surface area contributed by atoms with Gasteiger partial charge in [0, 0.05) is 55.5 Å². The van der Waals surface area contributed by atoms with Gasteiger partial charge in [-0.3, -0.25) is 9.78 Å². The van der Waals surface area contributed by atoms with E-state index in [1.165, 1.54) is 12.1 Å². The molecule has 1 aromatic carbocycles. The first-order valence-corrected chi connectivity index (χ1v) is 8.90. The van der Waals surface area contributed by atoms with Crippen LogP contribution < -0.4 is 4.74 Å². The Balaban J connectivity index is 1.49. The van der Waals surface area contributed by atoms with E-state index >= 15 is 0 Å². The first-order chi connectivity index (χ1) is 13.1. The van der Waals surface area contributed by atoms with Crippen molar-refractivity contribution in [2.45, 2.75) is 25.9 Å². The number of carbonyl (C=O) groups excluding carboxylic acids is 1. The Labute approximate surface area is 156 Å². The monoisotopic (exact) mass is 366 g/mol. The van der Waals surface area contributed by atoms with Crippen molar-refractivity contribution in [3.8, 4) is 6.01 Å². The number of fused-ring (bicyclic) bond motifs is 1. The zero-order valence-corrected chi connectivity index (χ0v) is 14.9. The van der Waals surface area contributed by atoms with Gasteiger partial charge in [0.1, 0.15) is 11.9 Å². The lowest BCUT2D eigenvalue weighted by atomic mass is 10.0. The van der Waals surface area contributed by atoms with E-state index in [9.17, 15) is 9.18 Å². The second-order valence-electron chi connectivity index (χ2n) is 6.61. The predicted octanol–water partition coefficient (Wildman–Crippen LogP) is 3.16. The molecule has 0 aliphatic carbocycles. The fourth-order valence-corrected chi connectivity index (χ4v) is 3.35. The van der Waals surface area contributed by atoms with Crippen molar-refractivity contribution < 1.29 is 13.9 Å². The number of likely N-dealkylation sites (tertiary alicyclic amines) is 1. The molecule has 0 N–H and O–H groups in total. The summed E-state index contributed by atoms with van der Waals surface area (Å²) in [7, 11) is 0. The van der Waals surface area contributed by atoms with E-state index in [1.807, 2.05) is 4.90 Å². The molecule has 3 heterocycles. The number of piperidine rings is 1. The molecule has 0 atom stereocenters. The number of rotatable bonds is 3. The van der Waals surface area contributed by atoms with Crippen LogP contribution in [0.25, 0.3) is 10.9 Å². The lowest BCUT2D eigenvalue weighted by molar-refractivity contribution is 0.0580. The second kappa shape index (κ2) is 7.26. The average Bonchev–Trinajstić information content (AvgIpc) is 2.68. The Bertz CT molecular complexity index is 967. The second-order valence-corrected chi connectivity index (χ2v) is 6.61. The van der Waals surface area contributed by atoms with E-state index in [0.29, 0.717) is 54.1 Å². The molecule has 1 saturated heterocycles. The van der Waals surface area contributed by atoms with E-state index in [0.717, 1.165) is 0 Å². The highest BCUT2D eigenvalue weighted by Gasteiger charge is 2.26. The van der Waals surface area contributed by atoms with Crippen LogP contribution in [0.5, 0.6) is 6.01 Å². The molecule has 0 unspecified atom stereocenters. The van der Waals surface area contributed by atoms with Crippen molar-refractivity contribution in [3.05, 3.63) is 59.8 Å². The van der Waals surface area contributed by atoms with Crippen LogP contribution in [0.2, 0.25) is 0 Å². The van der Waals surface area contributed by atoms with Crippen LogP contribution in [-0.2, 0) is 0 Å². The van der Waals surface area contributed by atoms with Crippen LogP contribution in [0, 0.1) is 12.7 Å². The van der Waals surface area contributed by atoms with E-state index in [-0.39, 0.29) is 17.8 Å². The van der Waals surface area contributed by atoms with Crippen LogP contribution in [0.15, 0.2) is 42.7 Å². The minimum atomic E-state index is -0.361. The van der Waals surface area contributed by atoms with Crippen LogP contribution >= 0.6 is 0 Å². The number of pyridine rings is 1. The number of benzene rings is 1. The van der Waals surface area contributed by atoms with Gasteiger partial charge in [-0.1, -0.05) is 0 Å². The fourth-order valence-electron chi connectivity index (χ4n) is 3.35. The molecular formula is C20H19FN4O2. The molecule has 4 rings (SSSR count). The maximum Gasteiger partial charge on any atom is 0.316 e. The molecule has 1 fully saturated rings. The van der Waals surface area contributed by atoms with Gasteiger partial charge in [-0.05, 0) is 31.2 Å². The summed E-state index contributed by atoms with van der Waals surface area (Å²) < 4.78 is 19.3. The van der Waals surface area contributed by atoms with Crippen molar-refractivity contribution >= 4 is 16.8 Å². The van der Waals surface area contributed by atoms with Gasteiger partial charge >= 0.3 is 6.01 Å². The smallest absolute Gasteiger partial charge is 0.316 e. The van der Waals surface area contributed by atoms with Gasteiger partial charge in [0.2, 0.25) is 0 Å². The summed E-state index contributed by atoms with van der Waals surface area (Å²) in [5.41, 5.74) is 1.75. The minimum absolute atomic E-state index is 0.0125. The van der Waals surface area contributed by atoms with Gasteiger partial charge < -0.3 is 9.64 Å². The highest BCUT2D eigenvalue weighted by Crippen LogP contribution is 2.23. The Hall–Kier alpha value is -3.09. The summed E-state index contributed by atoms with van der Waals surface area (Å²) in [6.07, 6.45) is 4.68. The largest absolute Gasteiger partial charge is 0.460 e. The highest BCUT2D eigenvalue weighted by atomic mass is 19.1. The third-order valence-electron chi connectivity index (χ3n) is 4.67. The van der Waals surface area contributed by atoms with Crippen LogP contribution in [0.3, 0.4) is 0 Å². The molecule has 3 aromatic rings. The molecule has 27 heavy (non-hydrogen) atoms. The van der Waals surface area contributed by atoms with Gasteiger partial charge in [-0.2, -0.15) is 0 Å². The van der Waals surface area contributed by atoms with E-state index < -0.39 is 0 Å². The summed E-state index contributed by atoms with van der Waals surface area (Å²) in [5, 5.41) is 0.669. The molecule has 0 bridgehead atoms. The molecule has 0 saturated carbocycles. The van der Waals surface area contributed by atoms with Crippen LogP contribution in [-0.4, -0.2) is 45.0 Å². The number of halogens is 1. The summed E-state index contributed by atoms with van der Waals surface area (Å²) >= 11 is 0. The van der Waals surface area contributed by atoms with Crippen LogP contribution in [0.4, 0.5) is 4.39 Å². The number of hydrogen-bond donors (Lipinski definition) is 0. The number of hydrogen-bond acceptors (Lipinski definition) is 5. The standard InChI is InChI=1S/C20H19FN4O2/c1-13-11-17(16-4-3-14(21)12-18(16)24-13)19(26)25-9-5-15(6-10-25)27-20-22-7-2-8-23-20/h2-4,7-8,11-12,15H,5-6,9-10H2,1H3. The predicted molar refractivity (Wildman–Crippen MR) is 98.0 cm³/mol. The van der Waals surface area contributed by atoms with E-state index in [1.54, 1.807) is 37.5 Å². The van der Waals surface area contributed by atoms with E-state index in [4.69, 9.17) is 4.74 Å². The number of aromatic nitrogens is 3. The van der Waals surface area contributed by atoms with Crippen molar-refractivity contribution in [2.24, 2.45) is 0 Å². The van der Waals surface area contributed by atoms with Crippen molar-refractivity contribution in [3.63, 3.8) is 0 Å². The third-order valence-corrected chi connectivity index (χ3v) is 4.67. The lowest BCUT2D eigenvalue weighted by Gasteiger charge is -2.32. The lowest BCUT2D eigenvalue weighted by Crippen LogP contribution is -2.42. The molecule has 1 aliphatic rings. The van der Waals surface area contributed by atoms with E-state index in [2.05, 4.69) is 15.0 Å². The SMILES string of the molecule is Cc1cc(C(=O)N2CCC(Oc3ncccn3)CC2)c2ccc(F)cc2n1. The normalized spacial score (nSPS) is 15.1. The first-order valence-electron chi connectivity index (χ1n) is 8.90. The molecule has 0 radical (unpaired) electrons. The number of nitrogens with zero attached hydrogens (tertiary/aromatic N) is 4. The summed E-state index contributed by atoms with van der Waals surface area (Å²) in [5.74, 6) is -0.424. The number of carbonyl (C=O) groups is 1. The zero-order valence-electron chi connectivity index (χ0n) is 14.9. The molecule has 0 spiro atoms. The quantitative estimate of drug-likeness (QED) is 0.712. The Kier molecular flexibility index (Phi) is 4.66. The van der Waals surface area contributed by atoms with Crippen molar-refractivity contribution in [1.82, 2.24) is 19.9 Å². The molecule has 6 nitrogen and oxygen atoms in total. The Morgan fingerprint density at radius 1 is 1.19 bits per heavy atom. The maximum absolute atomic E-state index is 13.5. The van der Waals surface area contributed by atoms with Gasteiger partial charge in [0.15, 0.2) is 0 Å². The highest BCUT2D eigenvalue weighted by molar-refractivity contribution is 6.06. The maximum atomic E-state index is 13.5. The van der Waals surface area contributed by atoms with Gasteiger partial charge in [-0.25, -0.2) is 14.4 Å². The van der Waals surface area contributed by atoms with Gasteiger partial charge in [0.05, 0.1) is 11.1 Å². The number of amides is 1. The van der Waals surface area contributed by atoms with Crippen LogP contribution in [0.1, 0.15) is 28.9 Å². The molecule has 1 amide bonds. The first kappa shape index (κ1) is 17.3. The zero-order chi connectivity index (χ0) is 18.8. The van der Waals surface area contributed by atoms with Gasteiger partial charge in [-0.15, -0.1) is 0 Å². The molecule has 138 valence electrons. The number of aryl methyl sites for hydroxylation is 1. The summed E-state index contributed by atoms with van der Waals surface area (Å²) in [4.78, 5) is 27.4. The molecule has 1 aliphatic heterocycles. The average molecular weight is 366 g/mol.